The highest BCUT2D eigenvalue weighted by molar-refractivity contribution is 5.84. The van der Waals surface area contributed by atoms with Crippen LogP contribution in [0.15, 0.2) is 30.5 Å². The average Bonchev–Trinajstić information content (AvgIpc) is 3.07. The van der Waals surface area contributed by atoms with Crippen LogP contribution in [0.2, 0.25) is 0 Å². The van der Waals surface area contributed by atoms with Gasteiger partial charge in [0.25, 0.3) is 0 Å². The fourth-order valence-corrected chi connectivity index (χ4v) is 3.35. The van der Waals surface area contributed by atoms with E-state index in [-0.39, 0.29) is 5.92 Å². The predicted octanol–water partition coefficient (Wildman–Crippen LogP) is 4.02. The number of nitrogens with zero attached hydrogens (tertiary/aromatic N) is 1. The highest BCUT2D eigenvalue weighted by atomic mass is 16.4. The summed E-state index contributed by atoms with van der Waals surface area (Å²) in [6, 6.07) is 9.04. The van der Waals surface area contributed by atoms with E-state index in [0.717, 1.165) is 5.56 Å². The Morgan fingerprint density at radius 1 is 1.35 bits per heavy atom. The van der Waals surface area contributed by atoms with Gasteiger partial charge in [0.15, 0.2) is 0 Å². The van der Waals surface area contributed by atoms with E-state index in [0.29, 0.717) is 12.5 Å². The van der Waals surface area contributed by atoms with Gasteiger partial charge in [0.05, 0.1) is 5.92 Å². The maximum absolute atomic E-state index is 11.0. The summed E-state index contributed by atoms with van der Waals surface area (Å²) in [5.41, 5.74) is 2.40. The van der Waals surface area contributed by atoms with E-state index in [9.17, 15) is 4.79 Å². The van der Waals surface area contributed by atoms with Gasteiger partial charge >= 0.3 is 5.97 Å². The molecule has 106 valence electrons. The van der Waals surface area contributed by atoms with Crippen LogP contribution in [0.5, 0.6) is 0 Å². The van der Waals surface area contributed by atoms with Crippen molar-refractivity contribution in [3.63, 3.8) is 0 Å². The SMILES string of the molecule is CC(Cc1cccc2c1ccn2C1CCCC1)C(=O)O. The van der Waals surface area contributed by atoms with E-state index in [4.69, 9.17) is 5.11 Å². The molecule has 1 unspecified atom stereocenters. The van der Waals surface area contributed by atoms with E-state index in [2.05, 4.69) is 35.0 Å². The smallest absolute Gasteiger partial charge is 0.306 e. The van der Waals surface area contributed by atoms with Crippen LogP contribution in [-0.2, 0) is 11.2 Å². The van der Waals surface area contributed by atoms with E-state index in [1.807, 2.05) is 0 Å². The maximum atomic E-state index is 11.0. The molecule has 1 aromatic carbocycles. The lowest BCUT2D eigenvalue weighted by Gasteiger charge is -2.14. The van der Waals surface area contributed by atoms with Crippen LogP contribution in [0.3, 0.4) is 0 Å². The molecule has 1 aliphatic carbocycles. The molecule has 1 fully saturated rings. The summed E-state index contributed by atoms with van der Waals surface area (Å²) in [5, 5.41) is 10.3. The van der Waals surface area contributed by atoms with E-state index in [1.54, 1.807) is 6.92 Å². The highest BCUT2D eigenvalue weighted by Crippen LogP contribution is 2.33. The molecule has 3 nitrogen and oxygen atoms in total. The summed E-state index contributed by atoms with van der Waals surface area (Å²) in [7, 11) is 0. The van der Waals surface area contributed by atoms with Crippen molar-refractivity contribution in [1.82, 2.24) is 4.57 Å². The van der Waals surface area contributed by atoms with Crippen LogP contribution in [0.1, 0.15) is 44.2 Å². The van der Waals surface area contributed by atoms with E-state index < -0.39 is 5.97 Å². The molecule has 1 atom stereocenters. The Hall–Kier alpha value is -1.77. The fourth-order valence-electron chi connectivity index (χ4n) is 3.35. The summed E-state index contributed by atoms with van der Waals surface area (Å²) in [4.78, 5) is 11.0. The Labute approximate surface area is 119 Å². The molecule has 2 aromatic rings. The Kier molecular flexibility index (Phi) is 3.51. The Balaban J connectivity index is 1.96. The first-order chi connectivity index (χ1) is 9.66. The molecular weight excluding hydrogens is 250 g/mol. The first kappa shape index (κ1) is 13.2. The van der Waals surface area contributed by atoms with Crippen molar-refractivity contribution in [3.05, 3.63) is 36.0 Å². The summed E-state index contributed by atoms with van der Waals surface area (Å²) in [6.45, 7) is 1.77. The minimum absolute atomic E-state index is 0.338. The van der Waals surface area contributed by atoms with Crippen LogP contribution in [0, 0.1) is 5.92 Å². The molecule has 1 aliphatic rings. The molecule has 0 amide bonds. The number of hydrogen-bond donors (Lipinski definition) is 1. The first-order valence-corrected chi connectivity index (χ1v) is 7.48. The van der Waals surface area contributed by atoms with Crippen LogP contribution < -0.4 is 0 Å². The lowest BCUT2D eigenvalue weighted by Crippen LogP contribution is -2.12. The molecule has 0 aliphatic heterocycles. The Bertz CT molecular complexity index is 623. The molecule has 0 spiro atoms. The highest BCUT2D eigenvalue weighted by Gasteiger charge is 2.19. The number of aliphatic carboxylic acids is 1. The zero-order valence-electron chi connectivity index (χ0n) is 11.9. The number of hydrogen-bond acceptors (Lipinski definition) is 1. The number of fused-ring (bicyclic) bond motifs is 1. The number of benzene rings is 1. The van der Waals surface area contributed by atoms with Gasteiger partial charge in [-0.05, 0) is 37.0 Å². The van der Waals surface area contributed by atoms with Crippen molar-refractivity contribution in [2.24, 2.45) is 5.92 Å². The lowest BCUT2D eigenvalue weighted by atomic mass is 9.98. The standard InChI is InChI=1S/C17H21NO2/c1-12(17(19)20)11-13-5-4-8-16-15(13)9-10-18(16)14-6-2-3-7-14/h4-5,8-10,12,14H,2-3,6-7,11H2,1H3,(H,19,20). The van der Waals surface area contributed by atoms with E-state index >= 15 is 0 Å². The fraction of sp³-hybridized carbons (Fsp3) is 0.471. The van der Waals surface area contributed by atoms with Gasteiger partial charge in [-0.25, -0.2) is 0 Å². The number of rotatable bonds is 4. The Morgan fingerprint density at radius 2 is 2.10 bits per heavy atom. The zero-order chi connectivity index (χ0) is 14.1. The van der Waals surface area contributed by atoms with Crippen molar-refractivity contribution in [2.45, 2.75) is 45.1 Å². The van der Waals surface area contributed by atoms with Crippen LogP contribution in [0.4, 0.5) is 0 Å². The molecule has 3 rings (SSSR count). The molecule has 0 bridgehead atoms. The van der Waals surface area contributed by atoms with Gasteiger partial charge in [0, 0.05) is 23.1 Å². The van der Waals surface area contributed by atoms with Crippen molar-refractivity contribution in [2.75, 3.05) is 0 Å². The van der Waals surface area contributed by atoms with Crippen molar-refractivity contribution >= 4 is 16.9 Å². The second-order valence-electron chi connectivity index (χ2n) is 5.95. The van der Waals surface area contributed by atoms with Crippen molar-refractivity contribution < 1.29 is 9.90 Å². The Morgan fingerprint density at radius 3 is 2.80 bits per heavy atom. The molecule has 1 heterocycles. The van der Waals surface area contributed by atoms with Gasteiger partial charge in [-0.3, -0.25) is 4.79 Å². The number of aromatic nitrogens is 1. The van der Waals surface area contributed by atoms with Crippen LogP contribution in [0.25, 0.3) is 10.9 Å². The molecule has 0 radical (unpaired) electrons. The first-order valence-electron chi connectivity index (χ1n) is 7.48. The quantitative estimate of drug-likeness (QED) is 0.912. The molecule has 3 heteroatoms. The van der Waals surface area contributed by atoms with Crippen LogP contribution >= 0.6 is 0 Å². The average molecular weight is 271 g/mol. The topological polar surface area (TPSA) is 42.2 Å². The van der Waals surface area contributed by atoms with Gasteiger partial charge in [-0.1, -0.05) is 31.9 Å². The molecule has 0 saturated heterocycles. The third kappa shape index (κ3) is 2.33. The number of carboxylic acid groups (broad SMARTS) is 1. The third-order valence-corrected chi connectivity index (χ3v) is 4.52. The molecule has 1 saturated carbocycles. The van der Waals surface area contributed by atoms with Gasteiger partial charge in [0.2, 0.25) is 0 Å². The number of carbonyl (C=O) groups is 1. The zero-order valence-corrected chi connectivity index (χ0v) is 11.9. The van der Waals surface area contributed by atoms with E-state index in [1.165, 1.54) is 36.6 Å². The minimum Gasteiger partial charge on any atom is -0.481 e. The summed E-state index contributed by atoms with van der Waals surface area (Å²) in [5.74, 6) is -1.06. The van der Waals surface area contributed by atoms with Crippen LogP contribution in [-0.4, -0.2) is 15.6 Å². The second kappa shape index (κ2) is 5.31. The van der Waals surface area contributed by atoms with Gasteiger partial charge in [-0.15, -0.1) is 0 Å². The lowest BCUT2D eigenvalue weighted by molar-refractivity contribution is -0.141. The van der Waals surface area contributed by atoms with Gasteiger partial charge < -0.3 is 9.67 Å². The van der Waals surface area contributed by atoms with Gasteiger partial charge in [-0.2, -0.15) is 0 Å². The normalized spacial score (nSPS) is 17.6. The summed E-state index contributed by atoms with van der Waals surface area (Å²) < 4.78 is 2.39. The van der Waals surface area contributed by atoms with Crippen molar-refractivity contribution in [1.29, 1.82) is 0 Å². The molecule has 20 heavy (non-hydrogen) atoms. The largest absolute Gasteiger partial charge is 0.481 e. The molecule has 1 aromatic heterocycles. The minimum atomic E-state index is -0.725. The summed E-state index contributed by atoms with van der Waals surface area (Å²) in [6.07, 6.45) is 7.94. The van der Waals surface area contributed by atoms with Gasteiger partial charge in [0.1, 0.15) is 0 Å². The monoisotopic (exact) mass is 271 g/mol. The number of carboxylic acids is 1. The molecular formula is C17H21NO2. The summed E-state index contributed by atoms with van der Waals surface area (Å²) >= 11 is 0. The molecule has 1 N–H and O–H groups in total. The maximum Gasteiger partial charge on any atom is 0.306 e. The predicted molar refractivity (Wildman–Crippen MR) is 79.9 cm³/mol. The van der Waals surface area contributed by atoms with Crippen molar-refractivity contribution in [3.8, 4) is 0 Å². The second-order valence-corrected chi connectivity index (χ2v) is 5.95. The third-order valence-electron chi connectivity index (χ3n) is 4.52.